The molecular formula is C27H26N6O4. The van der Waals surface area contributed by atoms with Gasteiger partial charge in [-0.2, -0.15) is 0 Å². The summed E-state index contributed by atoms with van der Waals surface area (Å²) in [4.78, 5) is 53.6. The molecule has 4 amide bonds. The van der Waals surface area contributed by atoms with Crippen LogP contribution in [0.25, 0.3) is 5.69 Å². The van der Waals surface area contributed by atoms with Crippen LogP contribution >= 0.6 is 0 Å². The molecule has 3 aliphatic rings. The van der Waals surface area contributed by atoms with E-state index in [9.17, 15) is 19.2 Å². The van der Waals surface area contributed by atoms with Crippen molar-refractivity contribution in [2.24, 2.45) is 5.92 Å². The third kappa shape index (κ3) is 4.08. The molecule has 4 heterocycles. The number of carbonyl (C=O) groups excluding carboxylic acids is 4. The number of piperidine rings is 1. The Morgan fingerprint density at radius 2 is 1.86 bits per heavy atom. The molecule has 0 spiro atoms. The molecule has 3 aliphatic heterocycles. The molecule has 10 nitrogen and oxygen atoms in total. The fourth-order valence-corrected chi connectivity index (χ4v) is 5.41. The summed E-state index contributed by atoms with van der Waals surface area (Å²) in [6.07, 6.45) is 4.06. The van der Waals surface area contributed by atoms with Gasteiger partial charge in [0.1, 0.15) is 6.04 Å². The standard InChI is InChI=1S/C27H26N6O4/c1-16-6-7-17-4-2-3-5-22(17)31(13-16)27(37)21-15-33(30-29-21)19-8-9-20-18(12-19)14-32(26(20)36)23-10-11-24(34)28-25(23)35/h2-5,8-9,12,15-16,23H,6-7,10-11,13-14H2,1H3,(H,28,34,35). The van der Waals surface area contributed by atoms with Gasteiger partial charge in [0, 0.05) is 30.8 Å². The summed E-state index contributed by atoms with van der Waals surface area (Å²) in [5.41, 5.74) is 4.23. The second-order valence-electron chi connectivity index (χ2n) is 9.98. The average Bonchev–Trinajstić information content (AvgIpc) is 3.46. The number of hydrogen-bond acceptors (Lipinski definition) is 6. The van der Waals surface area contributed by atoms with Gasteiger partial charge in [-0.05, 0) is 60.6 Å². The lowest BCUT2D eigenvalue weighted by Gasteiger charge is -2.29. The molecule has 6 rings (SSSR count). The third-order valence-electron chi connectivity index (χ3n) is 7.41. The summed E-state index contributed by atoms with van der Waals surface area (Å²) < 4.78 is 1.53. The fourth-order valence-electron chi connectivity index (χ4n) is 5.41. The van der Waals surface area contributed by atoms with Crippen molar-refractivity contribution in [3.05, 3.63) is 71.0 Å². The molecule has 37 heavy (non-hydrogen) atoms. The predicted molar refractivity (Wildman–Crippen MR) is 133 cm³/mol. The van der Waals surface area contributed by atoms with Crippen molar-refractivity contribution in [2.75, 3.05) is 11.4 Å². The summed E-state index contributed by atoms with van der Waals surface area (Å²) in [6.45, 7) is 3.02. The minimum absolute atomic E-state index is 0.201. The number of amides is 4. The van der Waals surface area contributed by atoms with E-state index in [1.165, 1.54) is 9.58 Å². The molecule has 0 saturated carbocycles. The minimum Gasteiger partial charge on any atom is -0.322 e. The van der Waals surface area contributed by atoms with E-state index in [4.69, 9.17) is 0 Å². The van der Waals surface area contributed by atoms with Crippen molar-refractivity contribution < 1.29 is 19.2 Å². The smallest absolute Gasteiger partial charge is 0.280 e. The largest absolute Gasteiger partial charge is 0.322 e. The van der Waals surface area contributed by atoms with Crippen molar-refractivity contribution in [1.29, 1.82) is 0 Å². The number of benzene rings is 2. The van der Waals surface area contributed by atoms with Gasteiger partial charge in [-0.15, -0.1) is 5.10 Å². The fraction of sp³-hybridized carbons (Fsp3) is 0.333. The van der Waals surface area contributed by atoms with E-state index in [-0.39, 0.29) is 36.4 Å². The number of nitrogens with zero attached hydrogens (tertiary/aromatic N) is 5. The predicted octanol–water partition coefficient (Wildman–Crippen LogP) is 2.26. The Morgan fingerprint density at radius 3 is 2.70 bits per heavy atom. The molecule has 188 valence electrons. The molecule has 1 fully saturated rings. The first-order valence-corrected chi connectivity index (χ1v) is 12.5. The first kappa shape index (κ1) is 23.1. The number of para-hydroxylation sites is 1. The second kappa shape index (κ2) is 8.95. The molecule has 0 aliphatic carbocycles. The summed E-state index contributed by atoms with van der Waals surface area (Å²) in [7, 11) is 0. The third-order valence-corrected chi connectivity index (χ3v) is 7.41. The maximum absolute atomic E-state index is 13.5. The van der Waals surface area contributed by atoms with Crippen LogP contribution in [0.1, 0.15) is 58.2 Å². The molecular weight excluding hydrogens is 472 g/mol. The van der Waals surface area contributed by atoms with Gasteiger partial charge in [0.25, 0.3) is 11.8 Å². The van der Waals surface area contributed by atoms with Crippen molar-refractivity contribution >= 4 is 29.3 Å². The lowest BCUT2D eigenvalue weighted by molar-refractivity contribution is -0.136. The number of aromatic nitrogens is 3. The molecule has 1 N–H and O–H groups in total. The number of anilines is 1. The SMILES string of the molecule is CC1CCc2ccccc2N(C(=O)c2cn(-c3ccc4c(c3)CN(C3CCC(=O)NC3=O)C4=O)nn2)C1. The van der Waals surface area contributed by atoms with Crippen LogP contribution in [0.2, 0.25) is 0 Å². The zero-order valence-corrected chi connectivity index (χ0v) is 20.4. The van der Waals surface area contributed by atoms with Crippen LogP contribution in [-0.4, -0.2) is 56.1 Å². The quantitative estimate of drug-likeness (QED) is 0.554. The Morgan fingerprint density at radius 1 is 1.03 bits per heavy atom. The molecule has 2 atom stereocenters. The van der Waals surface area contributed by atoms with E-state index in [1.807, 2.05) is 24.3 Å². The van der Waals surface area contributed by atoms with E-state index in [2.05, 4.69) is 28.6 Å². The van der Waals surface area contributed by atoms with E-state index in [0.29, 0.717) is 30.1 Å². The highest BCUT2D eigenvalue weighted by Crippen LogP contribution is 2.31. The van der Waals surface area contributed by atoms with E-state index in [0.717, 1.165) is 29.7 Å². The molecule has 2 aromatic carbocycles. The maximum atomic E-state index is 13.5. The Kier molecular flexibility index (Phi) is 5.58. The highest BCUT2D eigenvalue weighted by molar-refractivity contribution is 6.06. The Bertz CT molecular complexity index is 1450. The normalized spacial score (nSPS) is 21.4. The van der Waals surface area contributed by atoms with Gasteiger partial charge in [-0.25, -0.2) is 4.68 Å². The van der Waals surface area contributed by atoms with Gasteiger partial charge in [0.15, 0.2) is 5.69 Å². The van der Waals surface area contributed by atoms with Crippen LogP contribution in [-0.2, 0) is 22.6 Å². The van der Waals surface area contributed by atoms with Crippen LogP contribution in [0.3, 0.4) is 0 Å². The first-order chi connectivity index (χ1) is 17.9. The van der Waals surface area contributed by atoms with E-state index < -0.39 is 11.9 Å². The molecule has 2 unspecified atom stereocenters. The Hall–Kier alpha value is -4.34. The zero-order chi connectivity index (χ0) is 25.7. The van der Waals surface area contributed by atoms with Crippen molar-refractivity contribution in [3.8, 4) is 5.69 Å². The summed E-state index contributed by atoms with van der Waals surface area (Å²) in [5.74, 6) is -0.843. The summed E-state index contributed by atoms with van der Waals surface area (Å²) in [5, 5.41) is 10.7. The number of carbonyl (C=O) groups is 4. The van der Waals surface area contributed by atoms with Crippen LogP contribution < -0.4 is 10.2 Å². The number of aryl methyl sites for hydroxylation is 1. The van der Waals surface area contributed by atoms with Gasteiger partial charge in [-0.3, -0.25) is 24.5 Å². The van der Waals surface area contributed by atoms with Gasteiger partial charge in [0.05, 0.1) is 11.9 Å². The summed E-state index contributed by atoms with van der Waals surface area (Å²) in [6, 6.07) is 12.6. The summed E-state index contributed by atoms with van der Waals surface area (Å²) >= 11 is 0. The second-order valence-corrected chi connectivity index (χ2v) is 9.98. The number of imide groups is 1. The Labute approximate surface area is 213 Å². The van der Waals surface area contributed by atoms with Gasteiger partial charge in [-0.1, -0.05) is 30.3 Å². The van der Waals surface area contributed by atoms with Crippen LogP contribution in [0.15, 0.2) is 48.7 Å². The Balaban J connectivity index is 1.24. The maximum Gasteiger partial charge on any atom is 0.280 e. The molecule has 0 bridgehead atoms. The number of hydrogen-bond donors (Lipinski definition) is 1. The van der Waals surface area contributed by atoms with E-state index >= 15 is 0 Å². The first-order valence-electron chi connectivity index (χ1n) is 12.5. The monoisotopic (exact) mass is 498 g/mol. The van der Waals surface area contributed by atoms with Crippen molar-refractivity contribution in [2.45, 2.75) is 45.2 Å². The molecule has 0 radical (unpaired) electrons. The van der Waals surface area contributed by atoms with Crippen molar-refractivity contribution in [3.63, 3.8) is 0 Å². The number of rotatable bonds is 3. The van der Waals surface area contributed by atoms with Crippen LogP contribution in [0.4, 0.5) is 5.69 Å². The average molecular weight is 499 g/mol. The van der Waals surface area contributed by atoms with Gasteiger partial charge >= 0.3 is 0 Å². The van der Waals surface area contributed by atoms with E-state index in [1.54, 1.807) is 23.2 Å². The molecule has 10 heteroatoms. The zero-order valence-electron chi connectivity index (χ0n) is 20.4. The minimum atomic E-state index is -0.671. The van der Waals surface area contributed by atoms with Crippen molar-refractivity contribution in [1.82, 2.24) is 25.2 Å². The molecule has 1 aromatic heterocycles. The van der Waals surface area contributed by atoms with Crippen LogP contribution in [0.5, 0.6) is 0 Å². The highest BCUT2D eigenvalue weighted by Gasteiger charge is 2.39. The molecule has 3 aromatic rings. The lowest BCUT2D eigenvalue weighted by Crippen LogP contribution is -2.52. The number of nitrogens with one attached hydrogen (secondary N) is 1. The number of fused-ring (bicyclic) bond motifs is 2. The topological polar surface area (TPSA) is 118 Å². The van der Waals surface area contributed by atoms with Gasteiger partial charge in [0.2, 0.25) is 11.8 Å². The molecule has 1 saturated heterocycles. The lowest BCUT2D eigenvalue weighted by atomic mass is 10.0. The van der Waals surface area contributed by atoms with Gasteiger partial charge < -0.3 is 9.80 Å². The highest BCUT2D eigenvalue weighted by atomic mass is 16.2. The van der Waals surface area contributed by atoms with Crippen LogP contribution in [0, 0.1) is 5.92 Å².